The number of hydrogen-bond donors (Lipinski definition) is 1. The van der Waals surface area contributed by atoms with Gasteiger partial charge in [-0.1, -0.05) is 17.7 Å². The number of aryl methyl sites for hydroxylation is 1. The lowest BCUT2D eigenvalue weighted by molar-refractivity contribution is 0.430. The van der Waals surface area contributed by atoms with Crippen LogP contribution in [-0.2, 0) is 6.42 Å². The van der Waals surface area contributed by atoms with Crippen molar-refractivity contribution in [1.29, 1.82) is 0 Å². The van der Waals surface area contributed by atoms with Crippen molar-refractivity contribution in [2.45, 2.75) is 32.4 Å². The molecule has 2 aliphatic heterocycles. The first-order chi connectivity index (χ1) is 7.25. The van der Waals surface area contributed by atoms with E-state index in [1.54, 1.807) is 0 Å². The first kappa shape index (κ1) is 9.22. The highest BCUT2D eigenvalue weighted by Crippen LogP contribution is 2.35. The van der Waals surface area contributed by atoms with Gasteiger partial charge < -0.3 is 10.2 Å². The lowest BCUT2D eigenvalue weighted by Gasteiger charge is -2.38. The van der Waals surface area contributed by atoms with Gasteiger partial charge in [0.25, 0.3) is 0 Å². The third kappa shape index (κ3) is 1.36. The molecule has 1 N–H and O–H groups in total. The van der Waals surface area contributed by atoms with Gasteiger partial charge in [-0.2, -0.15) is 0 Å². The zero-order chi connectivity index (χ0) is 10.4. The van der Waals surface area contributed by atoms with Crippen LogP contribution in [0.25, 0.3) is 0 Å². The van der Waals surface area contributed by atoms with Crippen LogP contribution in [0.2, 0.25) is 0 Å². The third-order valence-electron chi connectivity index (χ3n) is 3.66. The van der Waals surface area contributed by atoms with Crippen molar-refractivity contribution in [3.8, 4) is 0 Å². The second-order valence-electron chi connectivity index (χ2n) is 4.90. The summed E-state index contributed by atoms with van der Waals surface area (Å²) in [6.45, 7) is 6.75. The Kier molecular flexibility index (Phi) is 1.99. The van der Waals surface area contributed by atoms with Gasteiger partial charge in [-0.05, 0) is 31.9 Å². The van der Waals surface area contributed by atoms with Crippen molar-refractivity contribution in [3.63, 3.8) is 0 Å². The Balaban J connectivity index is 2.03. The standard InChI is InChI=1S/C13H18N2/c1-9-3-4-13-11(5-9)6-12-8-14-7-10(2)15(12)13/h3-5,10,12,14H,6-8H2,1-2H3. The van der Waals surface area contributed by atoms with E-state index in [1.165, 1.54) is 23.2 Å². The van der Waals surface area contributed by atoms with Crippen LogP contribution in [0.1, 0.15) is 18.1 Å². The molecule has 3 rings (SSSR count). The zero-order valence-corrected chi connectivity index (χ0v) is 9.46. The summed E-state index contributed by atoms with van der Waals surface area (Å²) in [7, 11) is 0. The summed E-state index contributed by atoms with van der Waals surface area (Å²) >= 11 is 0. The molecule has 2 aliphatic rings. The van der Waals surface area contributed by atoms with Crippen LogP contribution in [0.5, 0.6) is 0 Å². The maximum Gasteiger partial charge on any atom is 0.0459 e. The summed E-state index contributed by atoms with van der Waals surface area (Å²) < 4.78 is 0. The van der Waals surface area contributed by atoms with Crippen molar-refractivity contribution in [1.82, 2.24) is 5.32 Å². The van der Waals surface area contributed by atoms with Gasteiger partial charge >= 0.3 is 0 Å². The number of fused-ring (bicyclic) bond motifs is 3. The van der Waals surface area contributed by atoms with Crippen LogP contribution in [0.15, 0.2) is 18.2 Å². The van der Waals surface area contributed by atoms with E-state index in [-0.39, 0.29) is 0 Å². The first-order valence-corrected chi connectivity index (χ1v) is 5.84. The minimum absolute atomic E-state index is 0.632. The Bertz CT molecular complexity index is 386. The fourth-order valence-electron chi connectivity index (χ4n) is 3.00. The van der Waals surface area contributed by atoms with Gasteiger partial charge in [0.2, 0.25) is 0 Å². The summed E-state index contributed by atoms with van der Waals surface area (Å²) in [4.78, 5) is 2.60. The molecule has 2 unspecified atom stereocenters. The van der Waals surface area contributed by atoms with Gasteiger partial charge in [0.1, 0.15) is 0 Å². The smallest absolute Gasteiger partial charge is 0.0459 e. The fourth-order valence-corrected chi connectivity index (χ4v) is 3.00. The summed E-state index contributed by atoms with van der Waals surface area (Å²) in [6.07, 6.45) is 1.22. The topological polar surface area (TPSA) is 15.3 Å². The molecule has 1 saturated heterocycles. The molecular weight excluding hydrogens is 184 g/mol. The van der Waals surface area contributed by atoms with Crippen LogP contribution < -0.4 is 10.2 Å². The largest absolute Gasteiger partial charge is 0.363 e. The van der Waals surface area contributed by atoms with E-state index in [0.29, 0.717) is 12.1 Å². The Morgan fingerprint density at radius 1 is 1.33 bits per heavy atom. The maximum atomic E-state index is 3.51. The molecule has 0 aromatic heterocycles. The second-order valence-corrected chi connectivity index (χ2v) is 4.90. The number of nitrogens with zero attached hydrogens (tertiary/aromatic N) is 1. The molecule has 0 aliphatic carbocycles. The van der Waals surface area contributed by atoms with Crippen LogP contribution in [0.4, 0.5) is 5.69 Å². The molecular formula is C13H18N2. The molecule has 1 fully saturated rings. The monoisotopic (exact) mass is 202 g/mol. The van der Waals surface area contributed by atoms with Gasteiger partial charge in [-0.3, -0.25) is 0 Å². The van der Waals surface area contributed by atoms with Crippen molar-refractivity contribution in [2.75, 3.05) is 18.0 Å². The number of hydrogen-bond acceptors (Lipinski definition) is 2. The molecule has 2 atom stereocenters. The van der Waals surface area contributed by atoms with Gasteiger partial charge in [-0.15, -0.1) is 0 Å². The Morgan fingerprint density at radius 2 is 2.20 bits per heavy atom. The van der Waals surface area contributed by atoms with Crippen LogP contribution in [0.3, 0.4) is 0 Å². The van der Waals surface area contributed by atoms with E-state index in [4.69, 9.17) is 0 Å². The average molecular weight is 202 g/mol. The lowest BCUT2D eigenvalue weighted by Crippen LogP contribution is -2.54. The molecule has 0 bridgehead atoms. The lowest BCUT2D eigenvalue weighted by atomic mass is 10.1. The quantitative estimate of drug-likeness (QED) is 0.689. The molecule has 1 aromatic rings. The van der Waals surface area contributed by atoms with E-state index in [9.17, 15) is 0 Å². The van der Waals surface area contributed by atoms with E-state index in [0.717, 1.165) is 13.1 Å². The summed E-state index contributed by atoms with van der Waals surface area (Å²) in [5.74, 6) is 0. The molecule has 0 amide bonds. The highest BCUT2D eigenvalue weighted by molar-refractivity contribution is 5.61. The summed E-state index contributed by atoms with van der Waals surface area (Å²) in [6, 6.07) is 8.20. The molecule has 2 heteroatoms. The summed E-state index contributed by atoms with van der Waals surface area (Å²) in [5, 5.41) is 3.51. The molecule has 15 heavy (non-hydrogen) atoms. The van der Waals surface area contributed by atoms with E-state index < -0.39 is 0 Å². The van der Waals surface area contributed by atoms with Gasteiger partial charge in [0, 0.05) is 30.9 Å². The van der Waals surface area contributed by atoms with Crippen LogP contribution >= 0.6 is 0 Å². The Hall–Kier alpha value is -1.02. The van der Waals surface area contributed by atoms with Crippen molar-refractivity contribution in [3.05, 3.63) is 29.3 Å². The molecule has 2 nitrogen and oxygen atoms in total. The van der Waals surface area contributed by atoms with E-state index >= 15 is 0 Å². The van der Waals surface area contributed by atoms with Crippen molar-refractivity contribution >= 4 is 5.69 Å². The number of anilines is 1. The molecule has 0 saturated carbocycles. The minimum Gasteiger partial charge on any atom is -0.363 e. The first-order valence-electron chi connectivity index (χ1n) is 5.84. The number of rotatable bonds is 0. The van der Waals surface area contributed by atoms with Crippen molar-refractivity contribution in [2.24, 2.45) is 0 Å². The predicted octanol–water partition coefficient (Wildman–Crippen LogP) is 1.72. The van der Waals surface area contributed by atoms with E-state index in [1.807, 2.05) is 0 Å². The molecule has 0 spiro atoms. The highest BCUT2D eigenvalue weighted by atomic mass is 15.3. The maximum absolute atomic E-state index is 3.51. The number of benzene rings is 1. The average Bonchev–Trinajstić information content (AvgIpc) is 2.56. The Morgan fingerprint density at radius 3 is 3.07 bits per heavy atom. The predicted molar refractivity (Wildman–Crippen MR) is 63.5 cm³/mol. The fraction of sp³-hybridized carbons (Fsp3) is 0.538. The van der Waals surface area contributed by atoms with Gasteiger partial charge in [-0.25, -0.2) is 0 Å². The van der Waals surface area contributed by atoms with Gasteiger partial charge in [0.05, 0.1) is 0 Å². The van der Waals surface area contributed by atoms with Crippen molar-refractivity contribution < 1.29 is 0 Å². The minimum atomic E-state index is 0.632. The summed E-state index contributed by atoms with van der Waals surface area (Å²) in [5.41, 5.74) is 4.39. The highest BCUT2D eigenvalue weighted by Gasteiger charge is 2.34. The number of piperazine rings is 1. The van der Waals surface area contributed by atoms with Gasteiger partial charge in [0.15, 0.2) is 0 Å². The molecule has 1 aromatic carbocycles. The van der Waals surface area contributed by atoms with Crippen LogP contribution in [0, 0.1) is 6.92 Å². The number of nitrogens with one attached hydrogen (secondary N) is 1. The SMILES string of the molecule is Cc1ccc2c(c1)CC1CNCC(C)N21. The molecule has 0 radical (unpaired) electrons. The Labute approximate surface area is 91.3 Å². The van der Waals surface area contributed by atoms with Crippen LogP contribution in [-0.4, -0.2) is 25.2 Å². The molecule has 80 valence electrons. The zero-order valence-electron chi connectivity index (χ0n) is 9.46. The molecule has 2 heterocycles. The van der Waals surface area contributed by atoms with E-state index in [2.05, 4.69) is 42.3 Å². The normalized spacial score (nSPS) is 28.8. The third-order valence-corrected chi connectivity index (χ3v) is 3.66. The second kappa shape index (κ2) is 3.24.